The zero-order valence-electron chi connectivity index (χ0n) is 17.0. The molecule has 1 fully saturated rings. The van der Waals surface area contributed by atoms with Crippen LogP contribution in [0, 0.1) is 0 Å². The predicted molar refractivity (Wildman–Crippen MR) is 104 cm³/mol. The number of aliphatic hydroxyl groups is 2. The lowest BCUT2D eigenvalue weighted by Gasteiger charge is -2.24. The van der Waals surface area contributed by atoms with Gasteiger partial charge in [0, 0.05) is 6.20 Å². The molecule has 6 atom stereocenters. The van der Waals surface area contributed by atoms with Gasteiger partial charge in [0.1, 0.15) is 37.3 Å². The number of quaternary nitrogens is 1. The van der Waals surface area contributed by atoms with Gasteiger partial charge < -0.3 is 35.0 Å². The monoisotopic (exact) mass is 489 g/mol. The minimum Gasteiger partial charge on any atom is -0.387 e. The van der Waals surface area contributed by atoms with Gasteiger partial charge >= 0.3 is 21.3 Å². The molecule has 0 saturated carbocycles. The average Bonchev–Trinajstić information content (AvgIpc) is 2.86. The number of likely N-dealkylation sites (N-methyl/N-ethyl adjacent to an activating group) is 1. The molecule has 1 saturated heterocycles. The van der Waals surface area contributed by atoms with Crippen LogP contribution in [0.5, 0.6) is 0 Å². The summed E-state index contributed by atoms with van der Waals surface area (Å²) in [6.07, 6.45) is -4.82. The fourth-order valence-electron chi connectivity index (χ4n) is 2.49. The Bertz CT molecular complexity index is 920. The molecule has 0 aromatic carbocycles. The Morgan fingerprint density at radius 3 is 2.39 bits per heavy atom. The second-order valence-corrected chi connectivity index (χ2v) is 10.8. The first-order chi connectivity index (χ1) is 14.1. The molecule has 0 bridgehead atoms. The lowest BCUT2D eigenvalue weighted by molar-refractivity contribution is -0.870. The van der Waals surface area contributed by atoms with Crippen molar-refractivity contribution in [3.05, 3.63) is 22.7 Å². The maximum Gasteiger partial charge on any atom is 0.481 e. The van der Waals surface area contributed by atoms with Gasteiger partial charge in [-0.3, -0.25) is 13.6 Å². The Kier molecular flexibility index (Phi) is 8.17. The number of rotatable bonds is 10. The number of anilines is 1. The number of ether oxygens (including phenoxy) is 1. The summed E-state index contributed by atoms with van der Waals surface area (Å²) in [6.45, 7) is -0.746. The van der Waals surface area contributed by atoms with E-state index in [-0.39, 0.29) is 12.4 Å². The second-order valence-electron chi connectivity index (χ2n) is 7.75. The fourth-order valence-corrected chi connectivity index (χ4v) is 4.56. The molecular weight excluding hydrogens is 462 g/mol. The van der Waals surface area contributed by atoms with Gasteiger partial charge in [-0.25, -0.2) is 13.9 Å². The Labute approximate surface area is 177 Å². The van der Waals surface area contributed by atoms with Crippen LogP contribution in [-0.2, 0) is 27.2 Å². The highest BCUT2D eigenvalue weighted by Crippen LogP contribution is 2.60. The van der Waals surface area contributed by atoms with E-state index in [0.29, 0.717) is 11.0 Å². The van der Waals surface area contributed by atoms with Gasteiger partial charge in [-0.15, -0.1) is 0 Å². The summed E-state index contributed by atoms with van der Waals surface area (Å²) >= 11 is 0. The summed E-state index contributed by atoms with van der Waals surface area (Å²) in [4.78, 5) is 34.7. The van der Waals surface area contributed by atoms with Crippen molar-refractivity contribution in [2.45, 2.75) is 24.5 Å². The second kappa shape index (κ2) is 9.73. The predicted octanol–water partition coefficient (Wildman–Crippen LogP) is -1.60. The van der Waals surface area contributed by atoms with E-state index in [0.717, 1.165) is 4.57 Å². The van der Waals surface area contributed by atoms with Crippen molar-refractivity contribution in [2.75, 3.05) is 46.6 Å². The van der Waals surface area contributed by atoms with Gasteiger partial charge in [-0.1, -0.05) is 0 Å². The smallest absolute Gasteiger partial charge is 0.387 e. The molecule has 1 aromatic rings. The maximum absolute atomic E-state index is 12.0. The van der Waals surface area contributed by atoms with Crippen molar-refractivity contribution >= 4 is 21.5 Å². The summed E-state index contributed by atoms with van der Waals surface area (Å²) in [5.41, 5.74) is 4.53. The van der Waals surface area contributed by atoms with E-state index in [2.05, 4.69) is 18.3 Å². The molecule has 0 spiro atoms. The van der Waals surface area contributed by atoms with Crippen molar-refractivity contribution in [1.82, 2.24) is 9.55 Å². The van der Waals surface area contributed by atoms with Gasteiger partial charge in [-0.2, -0.15) is 9.29 Å². The fraction of sp³-hybridized carbons (Fsp3) is 0.714. The number of phosphoric ester groups is 2. The van der Waals surface area contributed by atoms with E-state index in [1.165, 1.54) is 12.3 Å². The maximum atomic E-state index is 12.0. The van der Waals surface area contributed by atoms with Crippen molar-refractivity contribution < 1.29 is 51.7 Å². The Morgan fingerprint density at radius 2 is 1.81 bits per heavy atom. The molecule has 1 aliphatic rings. The molecule has 178 valence electrons. The third-order valence-corrected chi connectivity index (χ3v) is 6.72. The van der Waals surface area contributed by atoms with Crippen LogP contribution < -0.4 is 11.4 Å². The molecule has 1 aliphatic heterocycles. The average molecular weight is 489 g/mol. The van der Waals surface area contributed by atoms with Crippen molar-refractivity contribution in [3.63, 3.8) is 0 Å². The lowest BCUT2D eigenvalue weighted by Crippen LogP contribution is -2.37. The number of nitrogens with zero attached hydrogens (tertiary/aromatic N) is 3. The van der Waals surface area contributed by atoms with Crippen molar-refractivity contribution in [1.29, 1.82) is 0 Å². The molecule has 0 radical (unpaired) electrons. The molecule has 6 N–H and O–H groups in total. The number of aromatic nitrogens is 2. The normalized spacial score (nSPS) is 28.2. The standard InChI is InChI=1S/C14H26N4O11P2/c1-18(2,3)6-7-26-30(22,23)29-31(24,25)27-8-9-11(19)12(20)13(28-9)17-5-4-10(15)16-14(17)21/h4-5,9,11-13,19-20H,6-8H2,1-3H3,(H3-,15,16,21,22,23,24,25)/p+1/t9-,11+,12+,13-/m1/s1. The van der Waals surface area contributed by atoms with E-state index < -0.39 is 52.5 Å². The van der Waals surface area contributed by atoms with Crippen molar-refractivity contribution in [2.24, 2.45) is 0 Å². The lowest BCUT2D eigenvalue weighted by atomic mass is 10.1. The van der Waals surface area contributed by atoms with E-state index in [1.54, 1.807) is 21.1 Å². The minimum atomic E-state index is -5.11. The number of nitrogens with two attached hydrogens (primary N) is 1. The zero-order valence-corrected chi connectivity index (χ0v) is 18.8. The molecule has 0 amide bonds. The summed E-state index contributed by atoms with van der Waals surface area (Å²) < 4.78 is 43.9. The molecule has 31 heavy (non-hydrogen) atoms. The number of nitrogen functional groups attached to an aromatic ring is 1. The number of phosphoric acid groups is 2. The highest BCUT2D eigenvalue weighted by molar-refractivity contribution is 7.61. The van der Waals surface area contributed by atoms with Crippen LogP contribution in [-0.4, -0.2) is 93.2 Å². The Morgan fingerprint density at radius 1 is 1.19 bits per heavy atom. The molecule has 17 heteroatoms. The molecule has 1 aromatic heterocycles. The van der Waals surface area contributed by atoms with Crippen LogP contribution in [0.15, 0.2) is 17.1 Å². The van der Waals surface area contributed by atoms with Gasteiger partial charge in [0.15, 0.2) is 6.23 Å². The first-order valence-corrected chi connectivity index (χ1v) is 11.9. The van der Waals surface area contributed by atoms with E-state index >= 15 is 0 Å². The van der Waals surface area contributed by atoms with Crippen LogP contribution >= 0.6 is 15.6 Å². The van der Waals surface area contributed by atoms with Crippen molar-refractivity contribution in [3.8, 4) is 0 Å². The van der Waals surface area contributed by atoms with E-state index in [9.17, 15) is 33.9 Å². The number of aliphatic hydroxyl groups excluding tert-OH is 2. The van der Waals surface area contributed by atoms with Gasteiger partial charge in [0.2, 0.25) is 0 Å². The molecule has 15 nitrogen and oxygen atoms in total. The first kappa shape index (κ1) is 26.0. The molecule has 2 rings (SSSR count). The van der Waals surface area contributed by atoms with Gasteiger partial charge in [-0.05, 0) is 6.07 Å². The third-order valence-electron chi connectivity index (χ3n) is 4.09. The SMILES string of the molecule is C[N+](C)(C)CCOP(=O)(O)OP(=O)(O)OC[C@H]1O[C@@H](n2ccc(N)nc2=O)[C@@H](O)[C@H]1O. The van der Waals surface area contributed by atoms with E-state index in [1.807, 2.05) is 0 Å². The number of hydrogen-bond donors (Lipinski definition) is 5. The van der Waals surface area contributed by atoms with Crippen LogP contribution in [0.1, 0.15) is 6.23 Å². The Balaban J connectivity index is 1.96. The summed E-state index contributed by atoms with van der Waals surface area (Å²) in [5, 5.41) is 20.2. The van der Waals surface area contributed by atoms with Crippen LogP contribution in [0.3, 0.4) is 0 Å². The highest BCUT2D eigenvalue weighted by atomic mass is 31.3. The highest BCUT2D eigenvalue weighted by Gasteiger charge is 2.46. The van der Waals surface area contributed by atoms with Crippen LogP contribution in [0.4, 0.5) is 5.82 Å². The summed E-state index contributed by atoms with van der Waals surface area (Å²) in [7, 11) is -4.64. The minimum absolute atomic E-state index is 0.0652. The topological polar surface area (TPSA) is 213 Å². The van der Waals surface area contributed by atoms with Gasteiger partial charge in [0.25, 0.3) is 0 Å². The van der Waals surface area contributed by atoms with E-state index in [4.69, 9.17) is 10.5 Å². The quantitative estimate of drug-likeness (QED) is 0.185. The first-order valence-electron chi connectivity index (χ1n) is 8.93. The molecular formula is C14H27N4O11P2+. The van der Waals surface area contributed by atoms with Gasteiger partial charge in [0.05, 0.1) is 27.7 Å². The Hall–Kier alpha value is -1.22. The molecule has 2 unspecified atom stereocenters. The summed E-state index contributed by atoms with van der Waals surface area (Å²) in [5.74, 6) is -0.0652. The van der Waals surface area contributed by atoms with Crippen LogP contribution in [0.25, 0.3) is 0 Å². The van der Waals surface area contributed by atoms with Crippen LogP contribution in [0.2, 0.25) is 0 Å². The molecule has 0 aliphatic carbocycles. The number of hydrogen-bond acceptors (Lipinski definition) is 11. The summed E-state index contributed by atoms with van der Waals surface area (Å²) in [6, 6.07) is 1.26. The largest absolute Gasteiger partial charge is 0.481 e. The molecule has 2 heterocycles. The zero-order chi connectivity index (χ0) is 23.6. The third kappa shape index (κ3) is 7.70.